The first-order valence-electron chi connectivity index (χ1n) is 15.9. The van der Waals surface area contributed by atoms with Gasteiger partial charge in [-0.1, -0.05) is 146 Å². The molecule has 0 aliphatic heterocycles. The molecule has 0 aliphatic rings. The Bertz CT molecular complexity index is 2550. The Labute approximate surface area is 273 Å². The molecule has 9 aromatic rings. The van der Waals surface area contributed by atoms with E-state index in [-0.39, 0.29) is 0 Å². The van der Waals surface area contributed by atoms with E-state index in [1.165, 1.54) is 43.8 Å². The van der Waals surface area contributed by atoms with Gasteiger partial charge in [0.05, 0.1) is 16.7 Å². The summed E-state index contributed by atoms with van der Waals surface area (Å²) in [6.45, 7) is 0. The maximum Gasteiger partial charge on any atom is 0.146 e. The second-order valence-electron chi connectivity index (χ2n) is 11.8. The third-order valence-electron chi connectivity index (χ3n) is 9.00. The van der Waals surface area contributed by atoms with Crippen LogP contribution >= 0.6 is 0 Å². The molecule has 220 valence electrons. The predicted octanol–water partition coefficient (Wildman–Crippen LogP) is 11.4. The van der Waals surface area contributed by atoms with Crippen molar-refractivity contribution in [2.45, 2.75) is 0 Å². The van der Waals surface area contributed by atoms with Crippen molar-refractivity contribution < 1.29 is 0 Å². The van der Waals surface area contributed by atoms with Crippen LogP contribution in [0.1, 0.15) is 0 Å². The first-order chi connectivity index (χ1) is 23.3. The molecule has 0 aliphatic carbocycles. The van der Waals surface area contributed by atoms with E-state index in [1.807, 2.05) is 12.1 Å². The molecule has 2 heterocycles. The molecule has 3 nitrogen and oxygen atoms in total. The quantitative estimate of drug-likeness (QED) is 0.184. The lowest BCUT2D eigenvalue weighted by molar-refractivity contribution is 1.03. The third-order valence-corrected chi connectivity index (χ3v) is 9.00. The van der Waals surface area contributed by atoms with E-state index in [0.29, 0.717) is 0 Å². The van der Waals surface area contributed by atoms with Crippen LogP contribution in [0.25, 0.3) is 83.3 Å². The Morgan fingerprint density at radius 3 is 1.60 bits per heavy atom. The fourth-order valence-corrected chi connectivity index (χ4v) is 6.92. The zero-order valence-corrected chi connectivity index (χ0v) is 25.6. The monoisotopic (exact) mass is 599 g/mol. The van der Waals surface area contributed by atoms with Gasteiger partial charge in [-0.15, -0.1) is 0 Å². The molecule has 0 saturated carbocycles. The highest BCUT2D eigenvalue weighted by molar-refractivity contribution is 6.21. The molecule has 0 radical (unpaired) electrons. The Morgan fingerprint density at radius 1 is 0.362 bits per heavy atom. The van der Waals surface area contributed by atoms with Gasteiger partial charge in [-0.2, -0.15) is 0 Å². The zero-order chi connectivity index (χ0) is 31.2. The summed E-state index contributed by atoms with van der Waals surface area (Å²) in [4.78, 5) is 10.3. The second-order valence-corrected chi connectivity index (χ2v) is 11.8. The average molecular weight is 600 g/mol. The minimum atomic E-state index is 0.835. The molecule has 0 amide bonds. The lowest BCUT2D eigenvalue weighted by Crippen LogP contribution is -2.01. The summed E-state index contributed by atoms with van der Waals surface area (Å²) < 4.78 is 2.17. The van der Waals surface area contributed by atoms with Crippen LogP contribution in [0.3, 0.4) is 0 Å². The van der Waals surface area contributed by atoms with E-state index in [4.69, 9.17) is 9.97 Å². The first-order valence-corrected chi connectivity index (χ1v) is 15.9. The van der Waals surface area contributed by atoms with E-state index < -0.39 is 0 Å². The van der Waals surface area contributed by atoms with Crippen LogP contribution in [0.5, 0.6) is 0 Å². The number of imidazole rings is 1. The summed E-state index contributed by atoms with van der Waals surface area (Å²) in [5, 5.41) is 4.91. The molecule has 3 heteroatoms. The minimum Gasteiger partial charge on any atom is -0.276 e. The molecule has 2 aromatic heterocycles. The molecule has 7 aromatic carbocycles. The summed E-state index contributed by atoms with van der Waals surface area (Å²) in [6, 6.07) is 62.0. The smallest absolute Gasteiger partial charge is 0.146 e. The van der Waals surface area contributed by atoms with Gasteiger partial charge in [0.25, 0.3) is 0 Å². The normalized spacial score (nSPS) is 11.4. The zero-order valence-electron chi connectivity index (χ0n) is 25.6. The summed E-state index contributed by atoms with van der Waals surface area (Å²) in [7, 11) is 0. The van der Waals surface area contributed by atoms with Gasteiger partial charge >= 0.3 is 0 Å². The molecular weight excluding hydrogens is 571 g/mol. The number of hydrogen-bond donors (Lipinski definition) is 0. The number of nitrogens with zero attached hydrogens (tertiary/aromatic N) is 3. The molecule has 0 spiro atoms. The Balaban J connectivity index is 1.30. The number of para-hydroxylation sites is 2. The molecule has 9 rings (SSSR count). The summed E-state index contributed by atoms with van der Waals surface area (Å²) in [6.07, 6.45) is 0. The van der Waals surface area contributed by atoms with Gasteiger partial charge in [-0.05, 0) is 74.1 Å². The van der Waals surface area contributed by atoms with Gasteiger partial charge in [0.2, 0.25) is 0 Å². The largest absolute Gasteiger partial charge is 0.276 e. The highest BCUT2D eigenvalue weighted by Crippen LogP contribution is 2.44. The fraction of sp³-hybridized carbons (Fsp3) is 0. The van der Waals surface area contributed by atoms with Crippen LogP contribution in [-0.4, -0.2) is 14.5 Å². The predicted molar refractivity (Wildman–Crippen MR) is 196 cm³/mol. The number of fused-ring (bicyclic) bond motifs is 3. The third kappa shape index (κ3) is 4.60. The Hall–Kier alpha value is -6.32. The molecule has 47 heavy (non-hydrogen) atoms. The van der Waals surface area contributed by atoms with Crippen molar-refractivity contribution in [1.29, 1.82) is 0 Å². The first kappa shape index (κ1) is 27.0. The number of rotatable bonds is 5. The Kier molecular flexibility index (Phi) is 6.46. The van der Waals surface area contributed by atoms with E-state index >= 15 is 0 Å². The van der Waals surface area contributed by atoms with Crippen molar-refractivity contribution in [1.82, 2.24) is 14.5 Å². The van der Waals surface area contributed by atoms with Crippen LogP contribution < -0.4 is 0 Å². The molecule has 0 atom stereocenters. The standard InChI is InChI=1S/C44H29N3/c1-4-15-30(16-5-1)42-34-21-10-11-22-35(34)43(31-17-6-2-7-18-31)37-29-33(27-28-36(37)42)38-24-14-26-41(45-38)47-40-25-13-12-23-39(40)46-44(47)32-19-8-3-9-20-32/h1-29H. The van der Waals surface area contributed by atoms with E-state index in [0.717, 1.165) is 39.5 Å². The summed E-state index contributed by atoms with van der Waals surface area (Å²) in [5.74, 6) is 1.71. The van der Waals surface area contributed by atoms with Crippen molar-refractivity contribution in [3.8, 4) is 50.7 Å². The number of aromatic nitrogens is 3. The van der Waals surface area contributed by atoms with Gasteiger partial charge in [-0.25, -0.2) is 9.97 Å². The molecule has 0 fully saturated rings. The highest BCUT2D eigenvalue weighted by atomic mass is 15.1. The minimum absolute atomic E-state index is 0.835. The summed E-state index contributed by atoms with van der Waals surface area (Å²) in [5.41, 5.74) is 9.89. The lowest BCUT2D eigenvalue weighted by Gasteiger charge is -2.18. The van der Waals surface area contributed by atoms with Gasteiger partial charge in [0.1, 0.15) is 11.6 Å². The van der Waals surface area contributed by atoms with Gasteiger partial charge in [0, 0.05) is 11.1 Å². The van der Waals surface area contributed by atoms with Crippen LogP contribution in [0, 0.1) is 0 Å². The van der Waals surface area contributed by atoms with Crippen molar-refractivity contribution >= 4 is 32.6 Å². The van der Waals surface area contributed by atoms with Crippen LogP contribution in [0.15, 0.2) is 176 Å². The lowest BCUT2D eigenvalue weighted by atomic mass is 9.85. The van der Waals surface area contributed by atoms with Gasteiger partial charge in [-0.3, -0.25) is 4.57 Å². The second kappa shape index (κ2) is 11.2. The maximum absolute atomic E-state index is 5.30. The topological polar surface area (TPSA) is 30.7 Å². The molecule has 0 bridgehead atoms. The number of pyridine rings is 1. The van der Waals surface area contributed by atoms with Gasteiger partial charge in [0.15, 0.2) is 0 Å². The Morgan fingerprint density at radius 2 is 0.915 bits per heavy atom. The van der Waals surface area contributed by atoms with E-state index in [9.17, 15) is 0 Å². The average Bonchev–Trinajstić information content (AvgIpc) is 3.54. The van der Waals surface area contributed by atoms with Crippen molar-refractivity contribution in [3.05, 3.63) is 176 Å². The SMILES string of the molecule is c1ccc(-c2c3ccccc3c(-c3ccccc3)c3cc(-c4cccc(-n5c(-c6ccccc6)nc6ccccc65)n4)ccc23)cc1. The van der Waals surface area contributed by atoms with Crippen LogP contribution in [0.4, 0.5) is 0 Å². The highest BCUT2D eigenvalue weighted by Gasteiger charge is 2.19. The van der Waals surface area contributed by atoms with Crippen molar-refractivity contribution in [2.75, 3.05) is 0 Å². The maximum atomic E-state index is 5.30. The van der Waals surface area contributed by atoms with Crippen molar-refractivity contribution in [2.24, 2.45) is 0 Å². The van der Waals surface area contributed by atoms with Crippen LogP contribution in [-0.2, 0) is 0 Å². The molecule has 0 N–H and O–H groups in total. The molecular formula is C44H29N3. The summed E-state index contributed by atoms with van der Waals surface area (Å²) >= 11 is 0. The number of benzene rings is 7. The fourth-order valence-electron chi connectivity index (χ4n) is 6.92. The van der Waals surface area contributed by atoms with E-state index in [2.05, 4.69) is 168 Å². The van der Waals surface area contributed by atoms with E-state index in [1.54, 1.807) is 0 Å². The van der Waals surface area contributed by atoms with Crippen molar-refractivity contribution in [3.63, 3.8) is 0 Å². The van der Waals surface area contributed by atoms with Crippen LogP contribution in [0.2, 0.25) is 0 Å². The number of hydrogen-bond acceptors (Lipinski definition) is 2. The molecule has 0 unspecified atom stereocenters. The molecule has 0 saturated heterocycles. The van der Waals surface area contributed by atoms with Gasteiger partial charge < -0.3 is 0 Å².